The van der Waals surface area contributed by atoms with Gasteiger partial charge in [0.2, 0.25) is 5.91 Å². The SMILES string of the molecule is Cc1cc(CN(C)C(=O)C2(N)CCC2)no1. The number of nitrogens with zero attached hydrogens (tertiary/aromatic N) is 2. The molecule has 0 saturated heterocycles. The molecule has 2 rings (SSSR count). The Morgan fingerprint density at radius 3 is 2.81 bits per heavy atom. The third-order valence-electron chi connectivity index (χ3n) is 3.09. The quantitative estimate of drug-likeness (QED) is 0.823. The van der Waals surface area contributed by atoms with Crippen LogP contribution in [0.25, 0.3) is 0 Å². The topological polar surface area (TPSA) is 72.4 Å². The number of aryl methyl sites for hydroxylation is 1. The van der Waals surface area contributed by atoms with E-state index in [1.165, 1.54) is 0 Å². The lowest BCUT2D eigenvalue weighted by molar-refractivity contribution is -0.139. The van der Waals surface area contributed by atoms with Gasteiger partial charge in [-0.3, -0.25) is 4.79 Å². The number of carbonyl (C=O) groups is 1. The smallest absolute Gasteiger partial charge is 0.242 e. The number of hydrogen-bond donors (Lipinski definition) is 1. The molecule has 0 aromatic carbocycles. The highest BCUT2D eigenvalue weighted by Crippen LogP contribution is 2.30. The molecule has 1 saturated carbocycles. The Morgan fingerprint density at radius 1 is 1.69 bits per heavy atom. The first-order valence-corrected chi connectivity index (χ1v) is 5.48. The summed E-state index contributed by atoms with van der Waals surface area (Å²) in [6, 6.07) is 1.83. The minimum absolute atomic E-state index is 0.000553. The standard InChI is InChI=1S/C11H17N3O2/c1-8-6-9(13-16-8)7-14(2)10(15)11(12)4-3-5-11/h6H,3-5,7,12H2,1-2H3. The molecule has 5 nitrogen and oxygen atoms in total. The fourth-order valence-corrected chi connectivity index (χ4v) is 1.96. The van der Waals surface area contributed by atoms with E-state index in [0.717, 1.165) is 30.7 Å². The second-order valence-electron chi connectivity index (χ2n) is 4.60. The summed E-state index contributed by atoms with van der Waals surface area (Å²) in [5.74, 6) is 0.751. The number of hydrogen-bond acceptors (Lipinski definition) is 4. The molecular weight excluding hydrogens is 206 g/mol. The first-order chi connectivity index (χ1) is 7.51. The van der Waals surface area contributed by atoms with E-state index in [9.17, 15) is 4.79 Å². The van der Waals surface area contributed by atoms with Crippen LogP contribution >= 0.6 is 0 Å². The summed E-state index contributed by atoms with van der Waals surface area (Å²) in [6.45, 7) is 2.28. The maximum atomic E-state index is 12.0. The Labute approximate surface area is 94.6 Å². The molecule has 0 bridgehead atoms. The second kappa shape index (κ2) is 3.90. The normalized spacial score (nSPS) is 17.9. The molecule has 0 atom stereocenters. The fraction of sp³-hybridized carbons (Fsp3) is 0.636. The zero-order chi connectivity index (χ0) is 11.8. The van der Waals surface area contributed by atoms with Gasteiger partial charge in [-0.15, -0.1) is 0 Å². The van der Waals surface area contributed by atoms with E-state index in [1.807, 2.05) is 13.0 Å². The van der Waals surface area contributed by atoms with Crippen molar-refractivity contribution in [1.82, 2.24) is 10.1 Å². The van der Waals surface area contributed by atoms with Crippen molar-refractivity contribution in [3.8, 4) is 0 Å². The Bertz CT molecular complexity index is 396. The molecule has 0 unspecified atom stereocenters. The molecule has 16 heavy (non-hydrogen) atoms. The van der Waals surface area contributed by atoms with E-state index in [1.54, 1.807) is 11.9 Å². The zero-order valence-corrected chi connectivity index (χ0v) is 9.69. The molecule has 1 heterocycles. The minimum Gasteiger partial charge on any atom is -0.361 e. The van der Waals surface area contributed by atoms with Crippen LogP contribution in [0.2, 0.25) is 0 Å². The molecule has 2 N–H and O–H groups in total. The molecule has 1 amide bonds. The van der Waals surface area contributed by atoms with Gasteiger partial charge in [-0.05, 0) is 26.2 Å². The number of nitrogens with two attached hydrogens (primary N) is 1. The molecule has 1 aliphatic rings. The predicted molar refractivity (Wildman–Crippen MR) is 58.5 cm³/mol. The van der Waals surface area contributed by atoms with Crippen LogP contribution in [-0.2, 0) is 11.3 Å². The van der Waals surface area contributed by atoms with Crippen molar-refractivity contribution in [2.75, 3.05) is 7.05 Å². The molecule has 0 aliphatic heterocycles. The third kappa shape index (κ3) is 1.95. The molecular formula is C11H17N3O2. The van der Waals surface area contributed by atoms with Crippen molar-refractivity contribution in [1.29, 1.82) is 0 Å². The Hall–Kier alpha value is -1.36. The number of likely N-dealkylation sites (N-methyl/N-ethyl adjacent to an activating group) is 1. The Morgan fingerprint density at radius 2 is 2.38 bits per heavy atom. The van der Waals surface area contributed by atoms with Crippen molar-refractivity contribution in [2.45, 2.75) is 38.3 Å². The van der Waals surface area contributed by atoms with Crippen LogP contribution in [-0.4, -0.2) is 28.6 Å². The van der Waals surface area contributed by atoms with Crippen molar-refractivity contribution < 1.29 is 9.32 Å². The summed E-state index contributed by atoms with van der Waals surface area (Å²) in [4.78, 5) is 13.6. The van der Waals surface area contributed by atoms with Crippen LogP contribution < -0.4 is 5.73 Å². The average Bonchev–Trinajstić information content (AvgIpc) is 2.59. The largest absolute Gasteiger partial charge is 0.361 e. The molecule has 0 spiro atoms. The van der Waals surface area contributed by atoms with Gasteiger partial charge in [0.05, 0.1) is 12.1 Å². The lowest BCUT2D eigenvalue weighted by Gasteiger charge is -2.39. The van der Waals surface area contributed by atoms with Crippen molar-refractivity contribution >= 4 is 5.91 Å². The zero-order valence-electron chi connectivity index (χ0n) is 9.69. The van der Waals surface area contributed by atoms with E-state index in [2.05, 4.69) is 5.16 Å². The summed E-state index contributed by atoms with van der Waals surface area (Å²) >= 11 is 0. The van der Waals surface area contributed by atoms with Crippen LogP contribution in [0.3, 0.4) is 0 Å². The minimum atomic E-state index is -0.631. The number of rotatable bonds is 3. The van der Waals surface area contributed by atoms with Crippen LogP contribution in [0.5, 0.6) is 0 Å². The molecule has 1 fully saturated rings. The first-order valence-electron chi connectivity index (χ1n) is 5.48. The number of aromatic nitrogens is 1. The van der Waals surface area contributed by atoms with Crippen LogP contribution in [0, 0.1) is 6.92 Å². The summed E-state index contributed by atoms with van der Waals surface area (Å²) < 4.78 is 4.95. The molecule has 0 radical (unpaired) electrons. The monoisotopic (exact) mass is 223 g/mol. The van der Waals surface area contributed by atoms with Gasteiger partial charge in [-0.25, -0.2) is 0 Å². The predicted octanol–water partition coefficient (Wildman–Crippen LogP) is 0.823. The molecule has 1 aliphatic carbocycles. The number of amides is 1. The molecule has 5 heteroatoms. The van der Waals surface area contributed by atoms with Crippen molar-refractivity contribution in [3.63, 3.8) is 0 Å². The lowest BCUT2D eigenvalue weighted by Crippen LogP contribution is -2.58. The second-order valence-corrected chi connectivity index (χ2v) is 4.60. The highest BCUT2D eigenvalue weighted by Gasteiger charge is 2.41. The van der Waals surface area contributed by atoms with Gasteiger partial charge in [-0.2, -0.15) is 0 Å². The summed E-state index contributed by atoms with van der Waals surface area (Å²) in [7, 11) is 1.75. The van der Waals surface area contributed by atoms with Crippen LogP contribution in [0.15, 0.2) is 10.6 Å². The fourth-order valence-electron chi connectivity index (χ4n) is 1.96. The van der Waals surface area contributed by atoms with Gasteiger partial charge in [0.15, 0.2) is 0 Å². The van der Waals surface area contributed by atoms with Gasteiger partial charge in [0.1, 0.15) is 11.5 Å². The Kier molecular flexibility index (Phi) is 2.71. The van der Waals surface area contributed by atoms with E-state index in [0.29, 0.717) is 6.54 Å². The maximum Gasteiger partial charge on any atom is 0.242 e. The van der Waals surface area contributed by atoms with Crippen LogP contribution in [0.4, 0.5) is 0 Å². The Balaban J connectivity index is 1.97. The third-order valence-corrected chi connectivity index (χ3v) is 3.09. The van der Waals surface area contributed by atoms with Crippen LogP contribution in [0.1, 0.15) is 30.7 Å². The summed E-state index contributed by atoms with van der Waals surface area (Å²) in [5, 5.41) is 3.85. The van der Waals surface area contributed by atoms with Gasteiger partial charge in [0.25, 0.3) is 0 Å². The van der Waals surface area contributed by atoms with Gasteiger partial charge in [-0.1, -0.05) is 5.16 Å². The maximum absolute atomic E-state index is 12.0. The highest BCUT2D eigenvalue weighted by atomic mass is 16.5. The van der Waals surface area contributed by atoms with Crippen molar-refractivity contribution in [2.24, 2.45) is 5.73 Å². The molecule has 1 aromatic rings. The highest BCUT2D eigenvalue weighted by molar-refractivity contribution is 5.86. The summed E-state index contributed by atoms with van der Waals surface area (Å²) in [5.41, 5.74) is 6.10. The van der Waals surface area contributed by atoms with Crippen molar-refractivity contribution in [3.05, 3.63) is 17.5 Å². The lowest BCUT2D eigenvalue weighted by atomic mass is 9.76. The number of carbonyl (C=O) groups excluding carboxylic acids is 1. The van der Waals surface area contributed by atoms with Gasteiger partial charge < -0.3 is 15.2 Å². The van der Waals surface area contributed by atoms with E-state index < -0.39 is 5.54 Å². The molecule has 1 aromatic heterocycles. The summed E-state index contributed by atoms with van der Waals surface area (Å²) in [6.07, 6.45) is 2.61. The van der Waals surface area contributed by atoms with E-state index in [4.69, 9.17) is 10.3 Å². The van der Waals surface area contributed by atoms with E-state index in [-0.39, 0.29) is 5.91 Å². The van der Waals surface area contributed by atoms with E-state index >= 15 is 0 Å². The first kappa shape index (κ1) is 11.1. The van der Waals surface area contributed by atoms with Gasteiger partial charge in [0, 0.05) is 13.1 Å². The van der Waals surface area contributed by atoms with Gasteiger partial charge >= 0.3 is 0 Å². The average molecular weight is 223 g/mol. The molecule has 88 valence electrons.